The molecule has 0 spiro atoms. The summed E-state index contributed by atoms with van der Waals surface area (Å²) < 4.78 is 5.71. The number of amidine groups is 1. The number of rotatable bonds is 5. The summed E-state index contributed by atoms with van der Waals surface area (Å²) in [4.78, 5) is 0. The summed E-state index contributed by atoms with van der Waals surface area (Å²) in [5.74, 6) is 0.831. The fourth-order valence-electron chi connectivity index (χ4n) is 1.88. The predicted molar refractivity (Wildman–Crippen MR) is 78.9 cm³/mol. The highest BCUT2D eigenvalue weighted by Gasteiger charge is 2.03. The van der Waals surface area contributed by atoms with Crippen LogP contribution in [0.2, 0.25) is 0 Å². The fraction of sp³-hybridized carbons (Fsp3) is 0.188. The standard InChI is InChI=1S/C16H18N2O2/c1-11-8-13(16(17)18)4-5-14(11)10-20-15-6-2-12(9-19)3-7-15/h2-8,19H,9-10H2,1H3,(H3,17,18). The molecule has 4 N–H and O–H groups in total. The Morgan fingerprint density at radius 3 is 2.45 bits per heavy atom. The summed E-state index contributed by atoms with van der Waals surface area (Å²) in [6.07, 6.45) is 0. The first kappa shape index (κ1) is 14.1. The third-order valence-electron chi connectivity index (χ3n) is 3.15. The highest BCUT2D eigenvalue weighted by Crippen LogP contribution is 2.17. The van der Waals surface area contributed by atoms with E-state index in [0.717, 1.165) is 28.0 Å². The monoisotopic (exact) mass is 270 g/mol. The number of aliphatic hydroxyl groups is 1. The molecule has 104 valence electrons. The SMILES string of the molecule is Cc1cc(C(=N)N)ccc1COc1ccc(CO)cc1. The molecule has 0 heterocycles. The number of hydrogen-bond donors (Lipinski definition) is 3. The van der Waals surface area contributed by atoms with Crippen LogP contribution in [0, 0.1) is 12.3 Å². The Morgan fingerprint density at radius 1 is 1.20 bits per heavy atom. The Bertz CT molecular complexity index is 606. The van der Waals surface area contributed by atoms with Crippen molar-refractivity contribution in [1.29, 1.82) is 5.41 Å². The Kier molecular flexibility index (Phi) is 4.38. The van der Waals surface area contributed by atoms with Crippen LogP contribution >= 0.6 is 0 Å². The van der Waals surface area contributed by atoms with E-state index in [2.05, 4.69) is 0 Å². The van der Waals surface area contributed by atoms with Gasteiger partial charge in [0.05, 0.1) is 6.61 Å². The van der Waals surface area contributed by atoms with Gasteiger partial charge in [0, 0.05) is 5.56 Å². The summed E-state index contributed by atoms with van der Waals surface area (Å²) in [5, 5.41) is 16.4. The molecule has 4 heteroatoms. The zero-order valence-electron chi connectivity index (χ0n) is 11.4. The molecule has 2 aromatic rings. The molecule has 0 aliphatic heterocycles. The minimum atomic E-state index is 0.0336. The third kappa shape index (κ3) is 3.36. The van der Waals surface area contributed by atoms with E-state index in [-0.39, 0.29) is 12.4 Å². The predicted octanol–water partition coefficient (Wildman–Crippen LogP) is 2.35. The first-order valence-corrected chi connectivity index (χ1v) is 6.36. The van der Waals surface area contributed by atoms with Gasteiger partial charge in [0.25, 0.3) is 0 Å². The van der Waals surface area contributed by atoms with Crippen LogP contribution in [-0.2, 0) is 13.2 Å². The molecule has 0 unspecified atom stereocenters. The number of benzene rings is 2. The topological polar surface area (TPSA) is 79.3 Å². The van der Waals surface area contributed by atoms with Crippen LogP contribution in [0.1, 0.15) is 22.3 Å². The van der Waals surface area contributed by atoms with Gasteiger partial charge in [-0.05, 0) is 41.8 Å². The number of aliphatic hydroxyl groups excluding tert-OH is 1. The van der Waals surface area contributed by atoms with Gasteiger partial charge in [-0.3, -0.25) is 5.41 Å². The van der Waals surface area contributed by atoms with Gasteiger partial charge in [-0.2, -0.15) is 0 Å². The first-order valence-electron chi connectivity index (χ1n) is 6.36. The quantitative estimate of drug-likeness (QED) is 0.576. The second-order valence-corrected chi connectivity index (χ2v) is 4.65. The van der Waals surface area contributed by atoms with Crippen LogP contribution in [0.25, 0.3) is 0 Å². The Morgan fingerprint density at radius 2 is 1.90 bits per heavy atom. The van der Waals surface area contributed by atoms with Crippen molar-refractivity contribution in [3.63, 3.8) is 0 Å². The van der Waals surface area contributed by atoms with Crippen LogP contribution in [-0.4, -0.2) is 10.9 Å². The Balaban J connectivity index is 2.04. The van der Waals surface area contributed by atoms with Crippen LogP contribution < -0.4 is 10.5 Å². The van der Waals surface area contributed by atoms with Crippen molar-refractivity contribution in [3.8, 4) is 5.75 Å². The second kappa shape index (κ2) is 6.21. The molecular formula is C16H18N2O2. The molecule has 4 nitrogen and oxygen atoms in total. The van der Waals surface area contributed by atoms with E-state index < -0.39 is 0 Å². The van der Waals surface area contributed by atoms with Gasteiger partial charge >= 0.3 is 0 Å². The lowest BCUT2D eigenvalue weighted by molar-refractivity contribution is 0.280. The summed E-state index contributed by atoms with van der Waals surface area (Å²) in [7, 11) is 0. The lowest BCUT2D eigenvalue weighted by atomic mass is 10.1. The summed E-state index contributed by atoms with van der Waals surface area (Å²) in [6, 6.07) is 13.0. The number of nitrogens with one attached hydrogen (secondary N) is 1. The highest BCUT2D eigenvalue weighted by molar-refractivity contribution is 5.95. The minimum absolute atomic E-state index is 0.0336. The number of hydrogen-bond acceptors (Lipinski definition) is 3. The van der Waals surface area contributed by atoms with Crippen molar-refractivity contribution in [2.75, 3.05) is 0 Å². The van der Waals surface area contributed by atoms with Crippen molar-refractivity contribution in [3.05, 3.63) is 64.7 Å². The highest BCUT2D eigenvalue weighted by atomic mass is 16.5. The normalized spacial score (nSPS) is 10.3. The van der Waals surface area contributed by atoms with Crippen molar-refractivity contribution < 1.29 is 9.84 Å². The number of nitrogens with two attached hydrogens (primary N) is 1. The Labute approximate surface area is 118 Å². The van der Waals surface area contributed by atoms with Gasteiger partial charge in [0.2, 0.25) is 0 Å². The minimum Gasteiger partial charge on any atom is -0.489 e. The van der Waals surface area contributed by atoms with Crippen LogP contribution in [0.3, 0.4) is 0 Å². The molecule has 0 fully saturated rings. The molecule has 0 saturated carbocycles. The molecule has 2 rings (SSSR count). The molecular weight excluding hydrogens is 252 g/mol. The molecule has 0 aliphatic carbocycles. The van der Waals surface area contributed by atoms with Gasteiger partial charge in [-0.1, -0.05) is 24.3 Å². The lowest BCUT2D eigenvalue weighted by Gasteiger charge is -2.10. The molecule has 0 aromatic heterocycles. The van der Waals surface area contributed by atoms with E-state index in [1.54, 1.807) is 0 Å². The van der Waals surface area contributed by atoms with Crippen molar-refractivity contribution in [1.82, 2.24) is 0 Å². The van der Waals surface area contributed by atoms with E-state index in [1.165, 1.54) is 0 Å². The molecule has 0 atom stereocenters. The number of nitrogen functional groups attached to an aromatic ring is 1. The van der Waals surface area contributed by atoms with Crippen LogP contribution in [0.4, 0.5) is 0 Å². The number of ether oxygens (including phenoxy) is 1. The van der Waals surface area contributed by atoms with Gasteiger partial charge in [-0.25, -0.2) is 0 Å². The van der Waals surface area contributed by atoms with E-state index in [1.807, 2.05) is 49.4 Å². The van der Waals surface area contributed by atoms with Gasteiger partial charge in [-0.15, -0.1) is 0 Å². The number of aryl methyl sites for hydroxylation is 1. The maximum absolute atomic E-state index is 8.98. The zero-order valence-corrected chi connectivity index (χ0v) is 11.4. The Hall–Kier alpha value is -2.33. The molecule has 0 amide bonds. The summed E-state index contributed by atoms with van der Waals surface area (Å²) >= 11 is 0. The molecule has 0 radical (unpaired) electrons. The largest absolute Gasteiger partial charge is 0.489 e. The lowest BCUT2D eigenvalue weighted by Crippen LogP contribution is -2.11. The molecule has 20 heavy (non-hydrogen) atoms. The average molecular weight is 270 g/mol. The van der Waals surface area contributed by atoms with Crippen molar-refractivity contribution in [2.45, 2.75) is 20.1 Å². The van der Waals surface area contributed by atoms with Crippen molar-refractivity contribution in [2.24, 2.45) is 5.73 Å². The van der Waals surface area contributed by atoms with Gasteiger partial charge in [0.1, 0.15) is 18.2 Å². The van der Waals surface area contributed by atoms with Crippen molar-refractivity contribution >= 4 is 5.84 Å². The fourth-order valence-corrected chi connectivity index (χ4v) is 1.88. The maximum atomic E-state index is 8.98. The third-order valence-corrected chi connectivity index (χ3v) is 3.15. The smallest absolute Gasteiger partial charge is 0.122 e. The summed E-state index contributed by atoms with van der Waals surface area (Å²) in [5.41, 5.74) is 9.14. The molecule has 0 bridgehead atoms. The molecule has 0 aliphatic rings. The second-order valence-electron chi connectivity index (χ2n) is 4.65. The zero-order chi connectivity index (χ0) is 14.5. The molecule has 0 saturated heterocycles. The van der Waals surface area contributed by atoms with E-state index in [9.17, 15) is 0 Å². The maximum Gasteiger partial charge on any atom is 0.122 e. The van der Waals surface area contributed by atoms with E-state index in [0.29, 0.717) is 6.61 Å². The van der Waals surface area contributed by atoms with E-state index >= 15 is 0 Å². The van der Waals surface area contributed by atoms with Gasteiger partial charge < -0.3 is 15.6 Å². The van der Waals surface area contributed by atoms with Crippen LogP contribution in [0.15, 0.2) is 42.5 Å². The molecule has 2 aromatic carbocycles. The van der Waals surface area contributed by atoms with Gasteiger partial charge in [0.15, 0.2) is 0 Å². The first-order chi connectivity index (χ1) is 9.60. The average Bonchev–Trinajstić information content (AvgIpc) is 2.46. The van der Waals surface area contributed by atoms with E-state index in [4.69, 9.17) is 21.0 Å². The van der Waals surface area contributed by atoms with Crippen LogP contribution in [0.5, 0.6) is 5.75 Å². The summed E-state index contributed by atoms with van der Waals surface area (Å²) in [6.45, 7) is 2.47.